The maximum Gasteiger partial charge on any atom is 0.433 e. The highest BCUT2D eigenvalue weighted by Gasteiger charge is 2.41. The highest BCUT2D eigenvalue weighted by molar-refractivity contribution is 5.95. The first kappa shape index (κ1) is 18.9. The number of halogens is 3. The van der Waals surface area contributed by atoms with Crippen molar-refractivity contribution in [2.75, 3.05) is 13.1 Å². The van der Waals surface area contributed by atoms with E-state index in [-0.39, 0.29) is 18.4 Å². The van der Waals surface area contributed by atoms with Crippen molar-refractivity contribution >= 4 is 11.0 Å². The van der Waals surface area contributed by atoms with Crippen LogP contribution in [0.3, 0.4) is 0 Å². The summed E-state index contributed by atoms with van der Waals surface area (Å²) in [6.07, 6.45) is -2.60. The molecule has 1 aliphatic rings. The molecular formula is C20H23F3N4O. The number of hydrogen-bond donors (Lipinski definition) is 3. The number of H-pyrrole nitrogens is 1. The zero-order valence-corrected chi connectivity index (χ0v) is 15.6. The maximum atomic E-state index is 13.5. The molecule has 0 aliphatic carbocycles. The molecule has 28 heavy (non-hydrogen) atoms. The number of alkyl halides is 3. The van der Waals surface area contributed by atoms with Crippen molar-refractivity contribution in [3.63, 3.8) is 0 Å². The third-order valence-electron chi connectivity index (χ3n) is 5.62. The second-order valence-electron chi connectivity index (χ2n) is 7.37. The minimum absolute atomic E-state index is 0. The highest BCUT2D eigenvalue weighted by atomic mass is 19.4. The molecule has 2 aromatic heterocycles. The average molecular weight is 392 g/mol. The Bertz CT molecular complexity index is 1030. The first-order valence-electron chi connectivity index (χ1n) is 9.20. The lowest BCUT2D eigenvalue weighted by Gasteiger charge is -2.42. The Balaban J connectivity index is 0.00000240. The van der Waals surface area contributed by atoms with E-state index in [4.69, 9.17) is 0 Å². The first-order chi connectivity index (χ1) is 13.2. The zero-order valence-electron chi connectivity index (χ0n) is 15.6. The molecule has 1 aromatic carbocycles. The van der Waals surface area contributed by atoms with Crippen LogP contribution in [0.2, 0.25) is 0 Å². The van der Waals surface area contributed by atoms with Crippen LogP contribution in [0.5, 0.6) is 0 Å². The van der Waals surface area contributed by atoms with Gasteiger partial charge in [0.2, 0.25) is 0 Å². The molecule has 8 heteroatoms. The van der Waals surface area contributed by atoms with E-state index in [9.17, 15) is 18.3 Å². The summed E-state index contributed by atoms with van der Waals surface area (Å²) in [6.45, 7) is 5.23. The van der Waals surface area contributed by atoms with Gasteiger partial charge in [0.1, 0.15) is 5.69 Å². The smallest absolute Gasteiger partial charge is 0.385 e. The van der Waals surface area contributed by atoms with Crippen LogP contribution >= 0.6 is 0 Å². The summed E-state index contributed by atoms with van der Waals surface area (Å²) in [4.78, 5) is 3.96. The Morgan fingerprint density at radius 2 is 2.00 bits per heavy atom. The zero-order chi connectivity index (χ0) is 20.1. The molecule has 3 aromatic rings. The van der Waals surface area contributed by atoms with Crippen LogP contribution in [-0.2, 0) is 11.8 Å². The molecule has 5 nitrogen and oxygen atoms in total. The van der Waals surface area contributed by atoms with Crippen molar-refractivity contribution < 1.29 is 19.7 Å². The third kappa shape index (κ3) is 2.97. The lowest BCUT2D eigenvalue weighted by Crippen LogP contribution is -2.54. The third-order valence-corrected chi connectivity index (χ3v) is 5.62. The molecule has 4 rings (SSSR count). The van der Waals surface area contributed by atoms with Gasteiger partial charge >= 0.3 is 6.18 Å². The van der Waals surface area contributed by atoms with Gasteiger partial charge in [0, 0.05) is 26.6 Å². The van der Waals surface area contributed by atoms with E-state index in [1.807, 2.05) is 26.0 Å². The molecule has 1 aliphatic heterocycles. The Morgan fingerprint density at radius 1 is 1.25 bits per heavy atom. The fraction of sp³-hybridized carbons (Fsp3) is 0.400. The van der Waals surface area contributed by atoms with Gasteiger partial charge in [-0.3, -0.25) is 5.10 Å². The number of pyridine rings is 1. The molecule has 3 N–H and O–H groups in total. The molecule has 1 saturated heterocycles. The fourth-order valence-electron chi connectivity index (χ4n) is 3.94. The van der Waals surface area contributed by atoms with E-state index in [1.54, 1.807) is 12.1 Å². The minimum Gasteiger partial charge on any atom is -0.385 e. The van der Waals surface area contributed by atoms with E-state index < -0.39 is 17.5 Å². The van der Waals surface area contributed by atoms with Gasteiger partial charge in [0.25, 0.3) is 0 Å². The second kappa shape index (κ2) is 6.56. The minimum atomic E-state index is -4.57. The monoisotopic (exact) mass is 392 g/mol. The number of aliphatic hydroxyl groups is 1. The molecular weight excluding hydrogens is 369 g/mol. The second-order valence-corrected chi connectivity index (χ2v) is 7.37. The van der Waals surface area contributed by atoms with Crippen molar-refractivity contribution in [2.45, 2.75) is 32.0 Å². The SMILES string of the molecule is CCC(O)(c1cc(C)cc(-c2ccnc3n[nH]c(C(F)(F)F)c23)c1)C1CNC1.[HH]. The average Bonchev–Trinajstić information content (AvgIpc) is 3.04. The molecule has 0 saturated carbocycles. The van der Waals surface area contributed by atoms with Crippen LogP contribution in [0.1, 0.15) is 31.6 Å². The van der Waals surface area contributed by atoms with Gasteiger partial charge in [-0.2, -0.15) is 18.3 Å². The maximum absolute atomic E-state index is 13.5. The number of nitrogens with zero attached hydrogens (tertiary/aromatic N) is 2. The molecule has 3 heterocycles. The molecule has 0 bridgehead atoms. The molecule has 0 amide bonds. The Labute approximate surface area is 161 Å². The topological polar surface area (TPSA) is 73.8 Å². The van der Waals surface area contributed by atoms with E-state index in [2.05, 4.69) is 20.5 Å². The quantitative estimate of drug-likeness (QED) is 0.627. The number of aromatic nitrogens is 3. The summed E-state index contributed by atoms with van der Waals surface area (Å²) in [7, 11) is 0. The Kier molecular flexibility index (Phi) is 4.43. The van der Waals surface area contributed by atoms with Crippen LogP contribution in [0.15, 0.2) is 30.5 Å². The van der Waals surface area contributed by atoms with Gasteiger partial charge in [-0.1, -0.05) is 24.6 Å². The number of aromatic amines is 1. The summed E-state index contributed by atoms with van der Waals surface area (Å²) in [5.74, 6) is 0.0734. The standard InChI is InChI=1S/C20H21F3N4O.H2/c1-3-19(28,14-9-24-10-14)13-7-11(2)6-12(8-13)15-4-5-25-18-16(15)17(26-27-18)20(21,22)23;/h4-8,14,24,28H,3,9-10H2,1-2H3,(H,25,26,27);1H. The lowest BCUT2D eigenvalue weighted by atomic mass is 9.75. The van der Waals surface area contributed by atoms with Crippen LogP contribution in [0, 0.1) is 12.8 Å². The van der Waals surface area contributed by atoms with Gasteiger partial charge in [-0.05, 0) is 42.2 Å². The van der Waals surface area contributed by atoms with Crippen molar-refractivity contribution in [2.24, 2.45) is 5.92 Å². The van der Waals surface area contributed by atoms with E-state index >= 15 is 0 Å². The molecule has 150 valence electrons. The highest BCUT2D eigenvalue weighted by Crippen LogP contribution is 2.41. The molecule has 1 fully saturated rings. The van der Waals surface area contributed by atoms with E-state index in [1.165, 1.54) is 6.20 Å². The predicted octanol–water partition coefficient (Wildman–Crippen LogP) is 4.02. The molecule has 0 radical (unpaired) electrons. The number of rotatable bonds is 4. The van der Waals surface area contributed by atoms with E-state index in [0.717, 1.165) is 11.1 Å². The normalized spacial score (nSPS) is 17.5. The predicted molar refractivity (Wildman–Crippen MR) is 102 cm³/mol. The number of hydrogen-bond acceptors (Lipinski definition) is 4. The van der Waals surface area contributed by atoms with Crippen molar-refractivity contribution in [3.8, 4) is 11.1 Å². The summed E-state index contributed by atoms with van der Waals surface area (Å²) in [5, 5.41) is 20.2. The number of nitrogens with one attached hydrogen (secondary N) is 2. The van der Waals surface area contributed by atoms with Gasteiger partial charge in [0.05, 0.1) is 11.0 Å². The number of aryl methyl sites for hydroxylation is 1. The van der Waals surface area contributed by atoms with Crippen LogP contribution in [-0.4, -0.2) is 33.4 Å². The lowest BCUT2D eigenvalue weighted by molar-refractivity contribution is -0.139. The van der Waals surface area contributed by atoms with Crippen LogP contribution in [0.25, 0.3) is 22.2 Å². The first-order valence-corrected chi connectivity index (χ1v) is 9.20. The largest absolute Gasteiger partial charge is 0.433 e. The molecule has 1 atom stereocenters. The number of fused-ring (bicyclic) bond motifs is 1. The Morgan fingerprint density at radius 3 is 2.61 bits per heavy atom. The van der Waals surface area contributed by atoms with Crippen molar-refractivity contribution in [1.29, 1.82) is 0 Å². The van der Waals surface area contributed by atoms with Gasteiger partial charge in [0.15, 0.2) is 5.65 Å². The van der Waals surface area contributed by atoms with Crippen LogP contribution < -0.4 is 5.32 Å². The molecule has 0 spiro atoms. The van der Waals surface area contributed by atoms with E-state index in [0.29, 0.717) is 30.6 Å². The summed E-state index contributed by atoms with van der Waals surface area (Å²) < 4.78 is 40.4. The van der Waals surface area contributed by atoms with Gasteiger partial charge in [-0.15, -0.1) is 0 Å². The fourth-order valence-corrected chi connectivity index (χ4v) is 3.94. The summed E-state index contributed by atoms with van der Waals surface area (Å²) >= 11 is 0. The summed E-state index contributed by atoms with van der Waals surface area (Å²) in [6, 6.07) is 7.07. The van der Waals surface area contributed by atoms with Gasteiger partial charge < -0.3 is 10.4 Å². The number of benzene rings is 1. The van der Waals surface area contributed by atoms with Crippen molar-refractivity contribution in [1.82, 2.24) is 20.5 Å². The van der Waals surface area contributed by atoms with Gasteiger partial charge in [-0.25, -0.2) is 4.98 Å². The van der Waals surface area contributed by atoms with Crippen molar-refractivity contribution in [3.05, 3.63) is 47.3 Å². The summed E-state index contributed by atoms with van der Waals surface area (Å²) in [5.41, 5.74) is 0.660. The Hall–Kier alpha value is -2.45. The van der Waals surface area contributed by atoms with Crippen LogP contribution in [0.4, 0.5) is 13.2 Å². The molecule has 1 unspecified atom stereocenters.